The fourth-order valence-corrected chi connectivity index (χ4v) is 5.21. The lowest BCUT2D eigenvalue weighted by atomic mass is 10.1. The number of nitrogens with zero attached hydrogens (tertiary/aromatic N) is 4. The molecule has 1 aromatic carbocycles. The molecule has 0 spiro atoms. The monoisotopic (exact) mass is 558 g/mol. The number of rotatable bonds is 9. The van der Waals surface area contributed by atoms with Crippen LogP contribution in [0.15, 0.2) is 54.6 Å². The molecule has 0 aliphatic carbocycles. The smallest absolute Gasteiger partial charge is 0.415 e. The minimum Gasteiger partial charge on any atom is -0.480 e. The molecule has 11 nitrogen and oxygen atoms in total. The first-order valence-corrected chi connectivity index (χ1v) is 14.0. The molecule has 214 valence electrons. The molecule has 0 saturated carbocycles. The number of nitrogens with one attached hydrogen (secondary N) is 2. The van der Waals surface area contributed by atoms with Crippen molar-refractivity contribution in [2.75, 3.05) is 50.1 Å². The van der Waals surface area contributed by atoms with E-state index in [4.69, 9.17) is 19.2 Å². The summed E-state index contributed by atoms with van der Waals surface area (Å²) in [6.07, 6.45) is 2.19. The van der Waals surface area contributed by atoms with Crippen LogP contribution in [0.3, 0.4) is 0 Å². The van der Waals surface area contributed by atoms with E-state index in [-0.39, 0.29) is 24.7 Å². The van der Waals surface area contributed by atoms with Crippen LogP contribution < -0.4 is 25.0 Å². The van der Waals surface area contributed by atoms with Gasteiger partial charge >= 0.3 is 6.09 Å². The summed E-state index contributed by atoms with van der Waals surface area (Å²) in [7, 11) is 2.14. The highest BCUT2D eigenvalue weighted by Crippen LogP contribution is 2.30. The third-order valence-electron chi connectivity index (χ3n) is 7.48. The lowest BCUT2D eigenvalue weighted by molar-refractivity contribution is -0.118. The van der Waals surface area contributed by atoms with Crippen molar-refractivity contribution in [1.82, 2.24) is 20.2 Å². The zero-order chi connectivity index (χ0) is 28.2. The van der Waals surface area contributed by atoms with Gasteiger partial charge in [0, 0.05) is 31.3 Å². The maximum Gasteiger partial charge on any atom is 0.415 e. The molecule has 1 atom stereocenters. The Bertz CT molecular complexity index is 1410. The number of hydrogen-bond acceptors (Lipinski definition) is 9. The van der Waals surface area contributed by atoms with Crippen LogP contribution in [-0.4, -0.2) is 78.9 Å². The molecule has 2 saturated heterocycles. The Morgan fingerprint density at radius 3 is 2.80 bits per heavy atom. The van der Waals surface area contributed by atoms with Gasteiger partial charge in [-0.1, -0.05) is 24.3 Å². The van der Waals surface area contributed by atoms with Gasteiger partial charge in [0.15, 0.2) is 18.2 Å². The van der Waals surface area contributed by atoms with Crippen LogP contribution in [0, 0.1) is 0 Å². The molecule has 3 aromatic rings. The molecule has 2 N–H and O–H groups in total. The number of pyridine rings is 2. The van der Waals surface area contributed by atoms with Gasteiger partial charge in [-0.3, -0.25) is 9.69 Å². The number of carbonyl (C=O) groups is 2. The largest absolute Gasteiger partial charge is 0.480 e. The van der Waals surface area contributed by atoms with E-state index in [9.17, 15) is 9.59 Å². The molecular formula is C30H34N6O5. The van der Waals surface area contributed by atoms with E-state index in [1.165, 1.54) is 4.90 Å². The van der Waals surface area contributed by atoms with Crippen LogP contribution in [-0.2, 0) is 16.1 Å². The van der Waals surface area contributed by atoms with Gasteiger partial charge < -0.3 is 29.7 Å². The van der Waals surface area contributed by atoms with E-state index in [0.717, 1.165) is 42.8 Å². The van der Waals surface area contributed by atoms with Gasteiger partial charge in [-0.2, -0.15) is 0 Å². The molecular weight excluding hydrogens is 524 g/mol. The highest BCUT2D eigenvalue weighted by molar-refractivity contribution is 5.95. The van der Waals surface area contributed by atoms with Gasteiger partial charge in [-0.05, 0) is 62.7 Å². The quantitative estimate of drug-likeness (QED) is 0.381. The molecule has 2 amide bonds. The molecule has 1 unspecified atom stereocenters. The Balaban J connectivity index is 0.991. The van der Waals surface area contributed by atoms with Crippen molar-refractivity contribution in [1.29, 1.82) is 0 Å². The first-order chi connectivity index (χ1) is 20.0. The molecule has 11 heteroatoms. The number of ether oxygens (including phenoxy) is 3. The predicted molar refractivity (Wildman–Crippen MR) is 153 cm³/mol. The summed E-state index contributed by atoms with van der Waals surface area (Å²) >= 11 is 0. The Labute approximate surface area is 238 Å². The van der Waals surface area contributed by atoms with Crippen molar-refractivity contribution >= 4 is 23.6 Å². The van der Waals surface area contributed by atoms with Crippen LogP contribution in [0.25, 0.3) is 11.3 Å². The van der Waals surface area contributed by atoms with Crippen LogP contribution in [0.1, 0.15) is 24.8 Å². The number of benzene rings is 1. The summed E-state index contributed by atoms with van der Waals surface area (Å²) in [6, 6.07) is 17.6. The molecule has 3 aliphatic heterocycles. The van der Waals surface area contributed by atoms with E-state index in [1.54, 1.807) is 12.1 Å². The van der Waals surface area contributed by atoms with Crippen molar-refractivity contribution in [2.45, 2.75) is 38.0 Å². The van der Waals surface area contributed by atoms with Crippen LogP contribution in [0.4, 0.5) is 16.4 Å². The van der Waals surface area contributed by atoms with E-state index in [1.807, 2.05) is 24.3 Å². The number of aromatic nitrogens is 2. The van der Waals surface area contributed by atoms with Crippen molar-refractivity contribution in [3.8, 4) is 22.9 Å². The zero-order valence-corrected chi connectivity index (χ0v) is 23.0. The van der Waals surface area contributed by atoms with E-state index >= 15 is 0 Å². The second-order valence-electron chi connectivity index (χ2n) is 10.6. The zero-order valence-electron chi connectivity index (χ0n) is 23.0. The number of carbonyl (C=O) groups excluding carboxylic acids is 2. The normalized spacial score (nSPS) is 19.3. The molecule has 5 heterocycles. The van der Waals surface area contributed by atoms with Crippen molar-refractivity contribution < 1.29 is 23.8 Å². The summed E-state index contributed by atoms with van der Waals surface area (Å²) in [4.78, 5) is 37.1. The maximum atomic E-state index is 12.5. The molecule has 0 bridgehead atoms. The van der Waals surface area contributed by atoms with Gasteiger partial charge in [-0.25, -0.2) is 14.8 Å². The van der Waals surface area contributed by atoms with Crippen molar-refractivity contribution in [3.05, 3.63) is 60.2 Å². The highest BCUT2D eigenvalue weighted by Gasteiger charge is 2.33. The first-order valence-electron chi connectivity index (χ1n) is 14.0. The summed E-state index contributed by atoms with van der Waals surface area (Å²) < 4.78 is 17.1. The van der Waals surface area contributed by atoms with Gasteiger partial charge in [0.05, 0.1) is 12.2 Å². The average molecular weight is 559 g/mol. The average Bonchev–Trinajstić information content (AvgIpc) is 3.36. The summed E-state index contributed by atoms with van der Waals surface area (Å²) in [5.41, 5.74) is 3.06. The third kappa shape index (κ3) is 6.58. The van der Waals surface area contributed by atoms with E-state index in [2.05, 4.69) is 45.8 Å². The number of piperidine rings is 1. The minimum atomic E-state index is -0.451. The van der Waals surface area contributed by atoms with Gasteiger partial charge in [-0.15, -0.1) is 0 Å². The molecule has 2 aromatic heterocycles. The Kier molecular flexibility index (Phi) is 7.97. The fourth-order valence-electron chi connectivity index (χ4n) is 5.21. The molecule has 3 aliphatic rings. The number of amides is 2. The number of anilines is 2. The highest BCUT2D eigenvalue weighted by atomic mass is 16.6. The maximum absolute atomic E-state index is 12.5. The molecule has 6 rings (SSSR count). The second-order valence-corrected chi connectivity index (χ2v) is 10.6. The summed E-state index contributed by atoms with van der Waals surface area (Å²) in [6.45, 7) is 3.79. The minimum absolute atomic E-state index is 0.0448. The van der Waals surface area contributed by atoms with Crippen molar-refractivity contribution in [2.24, 2.45) is 0 Å². The lowest BCUT2D eigenvalue weighted by Gasteiger charge is -2.29. The number of fused-ring (bicyclic) bond motifs is 1. The second kappa shape index (κ2) is 12.1. The van der Waals surface area contributed by atoms with Gasteiger partial charge in [0.2, 0.25) is 5.88 Å². The summed E-state index contributed by atoms with van der Waals surface area (Å²) in [5.74, 6) is 1.61. The van der Waals surface area contributed by atoms with Crippen molar-refractivity contribution in [3.63, 3.8) is 0 Å². The standard InChI is InChI=1S/C30H34N6O5/c1-35-14-11-22(12-15-35)40-28-7-3-6-24(32-28)21-5-2-4-20(16-21)17-31-13-10-23-18-36(30(38)41-23)26-9-8-25-29(33-26)34-27(37)19-39-25/h2-9,16,22-23,31H,10-15,17-19H2,1H3,(H,33,34,37). The molecule has 0 radical (unpaired) electrons. The fraction of sp³-hybridized carbons (Fsp3) is 0.400. The molecule has 2 fully saturated rings. The summed E-state index contributed by atoms with van der Waals surface area (Å²) in [5, 5.41) is 6.12. The van der Waals surface area contributed by atoms with E-state index in [0.29, 0.717) is 49.3 Å². The first kappa shape index (κ1) is 27.0. The number of hydrogen-bond donors (Lipinski definition) is 2. The SMILES string of the molecule is CN1CCC(Oc2cccc(-c3cccc(CNCCC4CN(c5ccc6c(n5)NC(=O)CO6)C(=O)O4)c3)n2)CC1. The lowest BCUT2D eigenvalue weighted by Crippen LogP contribution is -2.35. The molecule has 41 heavy (non-hydrogen) atoms. The Morgan fingerprint density at radius 1 is 1.07 bits per heavy atom. The number of cyclic esters (lactones) is 1. The van der Waals surface area contributed by atoms with E-state index < -0.39 is 6.09 Å². The van der Waals surface area contributed by atoms with Gasteiger partial charge in [0.25, 0.3) is 5.91 Å². The Hall–Kier alpha value is -4.22. The van der Waals surface area contributed by atoms with Crippen LogP contribution in [0.2, 0.25) is 0 Å². The number of likely N-dealkylation sites (tertiary alicyclic amines) is 1. The Morgan fingerprint density at radius 2 is 1.93 bits per heavy atom. The van der Waals surface area contributed by atoms with Crippen LogP contribution >= 0.6 is 0 Å². The van der Waals surface area contributed by atoms with Gasteiger partial charge in [0.1, 0.15) is 18.0 Å². The van der Waals surface area contributed by atoms with Crippen LogP contribution in [0.5, 0.6) is 11.6 Å². The third-order valence-corrected chi connectivity index (χ3v) is 7.48. The topological polar surface area (TPSA) is 118 Å². The predicted octanol–water partition coefficient (Wildman–Crippen LogP) is 3.45.